The van der Waals surface area contributed by atoms with Crippen molar-refractivity contribution in [3.8, 4) is 5.69 Å². The van der Waals surface area contributed by atoms with E-state index in [1.54, 1.807) is 18.7 Å². The number of pyridine rings is 1. The maximum atomic E-state index is 6.01. The lowest BCUT2D eigenvalue weighted by molar-refractivity contribution is 0.00578. The van der Waals surface area contributed by atoms with Crippen LogP contribution in [0.1, 0.15) is 27.7 Å². The second-order valence-corrected chi connectivity index (χ2v) is 6.00. The molecule has 104 valence electrons. The van der Waals surface area contributed by atoms with Crippen LogP contribution in [0.4, 0.5) is 0 Å². The number of hydrogen-bond donors (Lipinski definition) is 0. The first-order chi connectivity index (χ1) is 9.39. The SMILES string of the molecule is CC1(C)OB(c2cc(-n3ccnc3)ccn2)OC1(C)C. The summed E-state index contributed by atoms with van der Waals surface area (Å²) in [5, 5.41) is 0. The number of nitrogens with zero attached hydrogens (tertiary/aromatic N) is 3. The van der Waals surface area contributed by atoms with Gasteiger partial charge >= 0.3 is 7.12 Å². The molecule has 0 spiro atoms. The van der Waals surface area contributed by atoms with Crippen molar-refractivity contribution in [2.75, 3.05) is 0 Å². The highest BCUT2D eigenvalue weighted by atomic mass is 16.7. The van der Waals surface area contributed by atoms with Gasteiger partial charge in [-0.3, -0.25) is 4.98 Å². The molecule has 3 rings (SSSR count). The van der Waals surface area contributed by atoms with Crippen LogP contribution >= 0.6 is 0 Å². The molecule has 5 nitrogen and oxygen atoms in total. The third-order valence-electron chi connectivity index (χ3n) is 4.06. The van der Waals surface area contributed by atoms with Gasteiger partial charge in [0.25, 0.3) is 0 Å². The first-order valence-electron chi connectivity index (χ1n) is 6.69. The smallest absolute Gasteiger partial charge is 0.398 e. The van der Waals surface area contributed by atoms with E-state index in [1.807, 2.05) is 50.6 Å². The summed E-state index contributed by atoms with van der Waals surface area (Å²) in [5.74, 6) is 0. The molecule has 1 saturated heterocycles. The Morgan fingerprint density at radius 3 is 2.40 bits per heavy atom. The van der Waals surface area contributed by atoms with Gasteiger partial charge in [0.2, 0.25) is 0 Å². The van der Waals surface area contributed by atoms with Gasteiger partial charge in [-0.25, -0.2) is 4.98 Å². The van der Waals surface area contributed by atoms with Crippen molar-refractivity contribution in [2.24, 2.45) is 0 Å². The minimum Gasteiger partial charge on any atom is -0.398 e. The van der Waals surface area contributed by atoms with Crippen LogP contribution in [0.2, 0.25) is 0 Å². The van der Waals surface area contributed by atoms with Crippen LogP contribution in [0, 0.1) is 0 Å². The van der Waals surface area contributed by atoms with Crippen molar-refractivity contribution in [3.63, 3.8) is 0 Å². The summed E-state index contributed by atoms with van der Waals surface area (Å²) in [5.41, 5.74) is 1.05. The summed E-state index contributed by atoms with van der Waals surface area (Å²) < 4.78 is 14.0. The quantitative estimate of drug-likeness (QED) is 0.778. The zero-order chi connectivity index (χ0) is 14.4. The van der Waals surface area contributed by atoms with Gasteiger partial charge in [0.05, 0.1) is 23.1 Å². The van der Waals surface area contributed by atoms with E-state index in [-0.39, 0.29) is 11.2 Å². The zero-order valence-electron chi connectivity index (χ0n) is 12.2. The fourth-order valence-electron chi connectivity index (χ4n) is 2.10. The Bertz CT molecular complexity index is 595. The van der Waals surface area contributed by atoms with Crippen LogP contribution in [0.25, 0.3) is 5.69 Å². The Morgan fingerprint density at radius 1 is 1.10 bits per heavy atom. The molecule has 0 unspecified atom stereocenters. The number of rotatable bonds is 2. The fraction of sp³-hybridized carbons (Fsp3) is 0.429. The molecule has 0 radical (unpaired) electrons. The maximum absolute atomic E-state index is 6.01. The van der Waals surface area contributed by atoms with Gasteiger partial charge in [0.1, 0.15) is 0 Å². The normalized spacial score (nSPS) is 20.3. The Labute approximate surface area is 119 Å². The topological polar surface area (TPSA) is 49.2 Å². The van der Waals surface area contributed by atoms with Gasteiger partial charge in [0, 0.05) is 24.3 Å². The summed E-state index contributed by atoms with van der Waals surface area (Å²) in [7, 11) is -0.441. The molecule has 1 fully saturated rings. The molecular formula is C14H18BN3O2. The lowest BCUT2D eigenvalue weighted by Crippen LogP contribution is -2.41. The first-order valence-corrected chi connectivity index (χ1v) is 6.69. The van der Waals surface area contributed by atoms with Gasteiger partial charge in [-0.2, -0.15) is 0 Å². The van der Waals surface area contributed by atoms with Crippen LogP contribution < -0.4 is 5.59 Å². The third kappa shape index (κ3) is 2.15. The van der Waals surface area contributed by atoms with Gasteiger partial charge in [-0.1, -0.05) is 0 Å². The van der Waals surface area contributed by atoms with Crippen molar-refractivity contribution >= 4 is 12.7 Å². The molecule has 20 heavy (non-hydrogen) atoms. The molecule has 1 aliphatic rings. The summed E-state index contributed by atoms with van der Waals surface area (Å²) in [6.45, 7) is 8.14. The predicted octanol–water partition coefficient (Wildman–Crippen LogP) is 1.57. The minimum atomic E-state index is -0.441. The fourth-order valence-corrected chi connectivity index (χ4v) is 2.10. The second kappa shape index (κ2) is 4.43. The highest BCUT2D eigenvalue weighted by molar-refractivity contribution is 6.61. The van der Waals surface area contributed by atoms with Crippen LogP contribution in [0.15, 0.2) is 37.1 Å². The van der Waals surface area contributed by atoms with E-state index in [4.69, 9.17) is 9.31 Å². The van der Waals surface area contributed by atoms with Crippen molar-refractivity contribution in [1.82, 2.24) is 14.5 Å². The molecule has 2 aromatic heterocycles. The lowest BCUT2D eigenvalue weighted by atomic mass is 9.84. The van der Waals surface area contributed by atoms with Crippen LogP contribution in [-0.2, 0) is 9.31 Å². The molecule has 1 aliphatic heterocycles. The number of aromatic nitrogens is 3. The van der Waals surface area contributed by atoms with E-state index in [0.717, 1.165) is 11.3 Å². The third-order valence-corrected chi connectivity index (χ3v) is 4.06. The Morgan fingerprint density at radius 2 is 1.80 bits per heavy atom. The molecular weight excluding hydrogens is 253 g/mol. The predicted molar refractivity (Wildman–Crippen MR) is 77.1 cm³/mol. The van der Waals surface area contributed by atoms with Crippen molar-refractivity contribution in [3.05, 3.63) is 37.1 Å². The Balaban J connectivity index is 1.91. The molecule has 6 heteroatoms. The van der Waals surface area contributed by atoms with E-state index >= 15 is 0 Å². The van der Waals surface area contributed by atoms with Crippen molar-refractivity contribution in [2.45, 2.75) is 38.9 Å². The Kier molecular flexibility index (Phi) is 2.95. The monoisotopic (exact) mass is 271 g/mol. The standard InChI is InChI=1S/C14H18BN3O2/c1-13(2)14(3,4)20-15(19-13)12-9-11(5-6-17-12)18-8-7-16-10-18/h5-10H,1-4H3. The van der Waals surface area contributed by atoms with Gasteiger partial charge in [0.15, 0.2) is 0 Å². The highest BCUT2D eigenvalue weighted by Crippen LogP contribution is 2.36. The minimum absolute atomic E-state index is 0.357. The summed E-state index contributed by atoms with van der Waals surface area (Å²) >= 11 is 0. The van der Waals surface area contributed by atoms with Crippen molar-refractivity contribution < 1.29 is 9.31 Å². The van der Waals surface area contributed by atoms with Crippen LogP contribution in [0.5, 0.6) is 0 Å². The second-order valence-electron chi connectivity index (χ2n) is 6.00. The van der Waals surface area contributed by atoms with E-state index in [0.29, 0.717) is 0 Å². The molecule has 0 saturated carbocycles. The molecule has 2 aromatic rings. The molecule has 0 aliphatic carbocycles. The Hall–Kier alpha value is -1.66. The number of imidazole rings is 1. The average Bonchev–Trinajstić information content (AvgIpc) is 2.97. The summed E-state index contributed by atoms with van der Waals surface area (Å²) in [4.78, 5) is 8.43. The summed E-state index contributed by atoms with van der Waals surface area (Å²) in [6.07, 6.45) is 7.15. The maximum Gasteiger partial charge on any atom is 0.514 e. The number of hydrogen-bond acceptors (Lipinski definition) is 4. The molecule has 0 amide bonds. The zero-order valence-corrected chi connectivity index (χ0v) is 12.2. The van der Waals surface area contributed by atoms with E-state index in [9.17, 15) is 0 Å². The highest BCUT2D eigenvalue weighted by Gasteiger charge is 2.52. The largest absolute Gasteiger partial charge is 0.514 e. The molecule has 3 heterocycles. The van der Waals surface area contributed by atoms with Gasteiger partial charge < -0.3 is 13.9 Å². The van der Waals surface area contributed by atoms with E-state index in [1.165, 1.54) is 0 Å². The summed E-state index contributed by atoms with van der Waals surface area (Å²) in [6, 6.07) is 3.89. The molecule has 0 aromatic carbocycles. The molecule has 0 bridgehead atoms. The van der Waals surface area contributed by atoms with Gasteiger partial charge in [-0.15, -0.1) is 0 Å². The molecule has 0 atom stereocenters. The van der Waals surface area contributed by atoms with Crippen LogP contribution in [0.3, 0.4) is 0 Å². The molecule has 0 N–H and O–H groups in total. The van der Waals surface area contributed by atoms with E-state index < -0.39 is 7.12 Å². The van der Waals surface area contributed by atoms with Crippen molar-refractivity contribution in [1.29, 1.82) is 0 Å². The van der Waals surface area contributed by atoms with E-state index in [2.05, 4.69) is 9.97 Å². The van der Waals surface area contributed by atoms with Gasteiger partial charge in [-0.05, 0) is 39.8 Å². The first kappa shape index (κ1) is 13.3. The average molecular weight is 271 g/mol. The van der Waals surface area contributed by atoms with Crippen LogP contribution in [-0.4, -0.2) is 32.9 Å². The lowest BCUT2D eigenvalue weighted by Gasteiger charge is -2.32.